The summed E-state index contributed by atoms with van der Waals surface area (Å²) in [5.74, 6) is 2.49. The van der Waals surface area contributed by atoms with Crippen LogP contribution >= 0.6 is 0 Å². The lowest BCUT2D eigenvalue weighted by atomic mass is 10.2. The van der Waals surface area contributed by atoms with Crippen molar-refractivity contribution in [3.05, 3.63) is 35.5 Å². The predicted octanol–water partition coefficient (Wildman–Crippen LogP) is 2.47. The number of benzene rings is 1. The highest BCUT2D eigenvalue weighted by atomic mass is 16.5. The van der Waals surface area contributed by atoms with E-state index in [1.807, 2.05) is 25.1 Å². The van der Waals surface area contributed by atoms with Gasteiger partial charge in [-0.1, -0.05) is 24.2 Å². The van der Waals surface area contributed by atoms with Crippen molar-refractivity contribution in [2.45, 2.75) is 33.9 Å². The minimum Gasteiger partial charge on any atom is -0.490 e. The zero-order chi connectivity index (χ0) is 15.1. The zero-order valence-corrected chi connectivity index (χ0v) is 12.7. The standard InChI is InChI=1S/C15H21N3O3/c1-4-16-9-12-7-6-8-13(19-5-2)15(12)20-10-14-17-11(3)18-21-14/h6-8,16H,4-5,9-10H2,1-3H3. The topological polar surface area (TPSA) is 69.4 Å². The van der Waals surface area contributed by atoms with Gasteiger partial charge in [0.2, 0.25) is 0 Å². The number of rotatable bonds is 8. The van der Waals surface area contributed by atoms with E-state index in [1.165, 1.54) is 0 Å². The molecule has 1 heterocycles. The third-order valence-corrected chi connectivity index (χ3v) is 2.84. The van der Waals surface area contributed by atoms with Gasteiger partial charge in [0.15, 0.2) is 23.9 Å². The molecule has 0 amide bonds. The molecule has 1 aromatic carbocycles. The third kappa shape index (κ3) is 4.19. The van der Waals surface area contributed by atoms with Crippen LogP contribution in [0.15, 0.2) is 22.7 Å². The molecule has 2 rings (SSSR count). The summed E-state index contributed by atoms with van der Waals surface area (Å²) in [4.78, 5) is 4.13. The number of para-hydroxylation sites is 1. The average molecular weight is 291 g/mol. The van der Waals surface area contributed by atoms with E-state index >= 15 is 0 Å². The quantitative estimate of drug-likeness (QED) is 0.805. The van der Waals surface area contributed by atoms with E-state index in [0.717, 1.165) is 30.2 Å². The van der Waals surface area contributed by atoms with Gasteiger partial charge < -0.3 is 19.3 Å². The van der Waals surface area contributed by atoms with Crippen LogP contribution < -0.4 is 14.8 Å². The van der Waals surface area contributed by atoms with Crippen LogP contribution in [-0.2, 0) is 13.2 Å². The maximum Gasteiger partial charge on any atom is 0.264 e. The van der Waals surface area contributed by atoms with Gasteiger partial charge in [0.25, 0.3) is 5.89 Å². The van der Waals surface area contributed by atoms with Crippen molar-refractivity contribution in [3.63, 3.8) is 0 Å². The smallest absolute Gasteiger partial charge is 0.264 e. The van der Waals surface area contributed by atoms with Gasteiger partial charge in [0.05, 0.1) is 6.61 Å². The van der Waals surface area contributed by atoms with Crippen LogP contribution in [0, 0.1) is 6.92 Å². The number of aryl methyl sites for hydroxylation is 1. The maximum atomic E-state index is 5.86. The van der Waals surface area contributed by atoms with Crippen molar-refractivity contribution in [3.8, 4) is 11.5 Å². The summed E-state index contributed by atoms with van der Waals surface area (Å²) in [5, 5.41) is 7.04. The Labute approximate surface area is 124 Å². The van der Waals surface area contributed by atoms with Crippen molar-refractivity contribution in [2.24, 2.45) is 0 Å². The van der Waals surface area contributed by atoms with Crippen LogP contribution in [0.25, 0.3) is 0 Å². The van der Waals surface area contributed by atoms with E-state index in [2.05, 4.69) is 22.4 Å². The second-order valence-electron chi connectivity index (χ2n) is 4.48. The fourth-order valence-corrected chi connectivity index (χ4v) is 1.93. The SMILES string of the molecule is CCNCc1cccc(OCC)c1OCc1nc(C)no1. The molecule has 0 aliphatic rings. The van der Waals surface area contributed by atoms with E-state index in [-0.39, 0.29) is 6.61 Å². The molecule has 0 spiro atoms. The summed E-state index contributed by atoms with van der Waals surface area (Å²) in [7, 11) is 0. The summed E-state index contributed by atoms with van der Waals surface area (Å²) in [6.07, 6.45) is 0. The van der Waals surface area contributed by atoms with E-state index in [9.17, 15) is 0 Å². The predicted molar refractivity (Wildman–Crippen MR) is 78.4 cm³/mol. The highest BCUT2D eigenvalue weighted by Crippen LogP contribution is 2.32. The van der Waals surface area contributed by atoms with Crippen LogP contribution in [-0.4, -0.2) is 23.3 Å². The third-order valence-electron chi connectivity index (χ3n) is 2.84. The zero-order valence-electron chi connectivity index (χ0n) is 12.7. The van der Waals surface area contributed by atoms with Crippen molar-refractivity contribution < 1.29 is 14.0 Å². The number of hydrogen-bond donors (Lipinski definition) is 1. The Morgan fingerprint density at radius 1 is 1.24 bits per heavy atom. The molecule has 0 saturated carbocycles. The molecular formula is C15H21N3O3. The Hall–Kier alpha value is -2.08. The monoisotopic (exact) mass is 291 g/mol. The Morgan fingerprint density at radius 2 is 2.10 bits per heavy atom. The van der Waals surface area contributed by atoms with Crippen LogP contribution in [0.5, 0.6) is 11.5 Å². The molecule has 6 heteroatoms. The summed E-state index contributed by atoms with van der Waals surface area (Å²) >= 11 is 0. The molecule has 2 aromatic rings. The lowest BCUT2D eigenvalue weighted by molar-refractivity contribution is 0.225. The molecule has 1 N–H and O–H groups in total. The highest BCUT2D eigenvalue weighted by Gasteiger charge is 2.13. The van der Waals surface area contributed by atoms with E-state index in [1.54, 1.807) is 6.92 Å². The van der Waals surface area contributed by atoms with E-state index < -0.39 is 0 Å². The summed E-state index contributed by atoms with van der Waals surface area (Å²) < 4.78 is 16.6. The number of nitrogens with one attached hydrogen (secondary N) is 1. The number of nitrogens with zero attached hydrogens (tertiary/aromatic N) is 2. The fourth-order valence-electron chi connectivity index (χ4n) is 1.93. The van der Waals surface area contributed by atoms with Crippen molar-refractivity contribution in [1.82, 2.24) is 15.5 Å². The van der Waals surface area contributed by atoms with Gasteiger partial charge >= 0.3 is 0 Å². The Morgan fingerprint density at radius 3 is 2.76 bits per heavy atom. The number of hydrogen-bond acceptors (Lipinski definition) is 6. The first-order valence-electron chi connectivity index (χ1n) is 7.12. The average Bonchev–Trinajstić information content (AvgIpc) is 2.90. The largest absolute Gasteiger partial charge is 0.490 e. The Kier molecular flexibility index (Phi) is 5.57. The first-order chi connectivity index (χ1) is 10.2. The minimum atomic E-state index is 0.226. The molecule has 0 atom stereocenters. The van der Waals surface area contributed by atoms with E-state index in [4.69, 9.17) is 14.0 Å². The lowest BCUT2D eigenvalue weighted by Crippen LogP contribution is -2.13. The van der Waals surface area contributed by atoms with Gasteiger partial charge in [0.1, 0.15) is 0 Å². The molecule has 0 aliphatic heterocycles. The molecule has 21 heavy (non-hydrogen) atoms. The second-order valence-corrected chi connectivity index (χ2v) is 4.48. The van der Waals surface area contributed by atoms with Crippen LogP contribution in [0.2, 0.25) is 0 Å². The van der Waals surface area contributed by atoms with Crippen LogP contribution in [0.1, 0.15) is 31.1 Å². The Bertz CT molecular complexity index is 569. The molecule has 1 aromatic heterocycles. The van der Waals surface area contributed by atoms with Crippen LogP contribution in [0.3, 0.4) is 0 Å². The maximum absolute atomic E-state index is 5.86. The highest BCUT2D eigenvalue weighted by molar-refractivity contribution is 5.46. The summed E-state index contributed by atoms with van der Waals surface area (Å²) in [5.41, 5.74) is 1.04. The molecule has 0 saturated heterocycles. The molecule has 0 bridgehead atoms. The molecule has 6 nitrogen and oxygen atoms in total. The van der Waals surface area contributed by atoms with Gasteiger partial charge in [-0.05, 0) is 26.5 Å². The first-order valence-corrected chi connectivity index (χ1v) is 7.12. The number of ether oxygens (including phenoxy) is 2. The van der Waals surface area contributed by atoms with Gasteiger partial charge in [-0.3, -0.25) is 0 Å². The summed E-state index contributed by atoms with van der Waals surface area (Å²) in [6, 6.07) is 5.87. The minimum absolute atomic E-state index is 0.226. The van der Waals surface area contributed by atoms with Crippen molar-refractivity contribution in [2.75, 3.05) is 13.2 Å². The number of aromatic nitrogens is 2. The summed E-state index contributed by atoms with van der Waals surface area (Å²) in [6.45, 7) is 8.20. The molecular weight excluding hydrogens is 270 g/mol. The normalized spacial score (nSPS) is 10.6. The molecule has 0 fully saturated rings. The van der Waals surface area contributed by atoms with Gasteiger partial charge in [-0.25, -0.2) is 0 Å². The molecule has 0 unspecified atom stereocenters. The second kappa shape index (κ2) is 7.64. The van der Waals surface area contributed by atoms with Gasteiger partial charge in [-0.2, -0.15) is 4.98 Å². The van der Waals surface area contributed by atoms with Crippen molar-refractivity contribution >= 4 is 0 Å². The fraction of sp³-hybridized carbons (Fsp3) is 0.467. The van der Waals surface area contributed by atoms with Gasteiger partial charge in [0, 0.05) is 12.1 Å². The van der Waals surface area contributed by atoms with Crippen LogP contribution in [0.4, 0.5) is 0 Å². The molecule has 0 radical (unpaired) electrons. The lowest BCUT2D eigenvalue weighted by Gasteiger charge is -2.15. The molecule has 0 aliphatic carbocycles. The van der Waals surface area contributed by atoms with Crippen molar-refractivity contribution in [1.29, 1.82) is 0 Å². The first kappa shape index (κ1) is 15.3. The van der Waals surface area contributed by atoms with E-state index in [0.29, 0.717) is 18.3 Å². The molecule has 114 valence electrons. The van der Waals surface area contributed by atoms with Gasteiger partial charge in [-0.15, -0.1) is 0 Å². The Balaban J connectivity index is 2.16.